The molecule has 0 radical (unpaired) electrons. The average Bonchev–Trinajstić information content (AvgIpc) is 3.13. The molecule has 34 heavy (non-hydrogen) atoms. The lowest BCUT2D eigenvalue weighted by Crippen LogP contribution is -2.34. The number of rotatable bonds is 5. The molecule has 2 aliphatic heterocycles. The van der Waals surface area contributed by atoms with Crippen molar-refractivity contribution in [2.24, 2.45) is 0 Å². The van der Waals surface area contributed by atoms with E-state index in [1.807, 2.05) is 49.4 Å². The number of carbonyl (C=O) groups excluding carboxylic acids is 1. The van der Waals surface area contributed by atoms with Crippen LogP contribution in [0.1, 0.15) is 36.0 Å². The number of nitrogens with zero attached hydrogens (tertiary/aromatic N) is 4. The molecule has 0 aliphatic carbocycles. The van der Waals surface area contributed by atoms with E-state index in [-0.39, 0.29) is 11.5 Å². The monoisotopic (exact) mass is 490 g/mol. The number of piperidine rings is 1. The number of thioether (sulfide) groups is 1. The van der Waals surface area contributed by atoms with E-state index < -0.39 is 0 Å². The number of anilines is 1. The number of amides is 1. The lowest BCUT2D eigenvalue weighted by molar-refractivity contribution is -0.122. The van der Waals surface area contributed by atoms with Crippen LogP contribution in [-0.4, -0.2) is 44.1 Å². The van der Waals surface area contributed by atoms with E-state index in [0.29, 0.717) is 32.8 Å². The van der Waals surface area contributed by atoms with Crippen LogP contribution >= 0.6 is 24.0 Å². The summed E-state index contributed by atoms with van der Waals surface area (Å²) in [5, 5.41) is 0. The highest BCUT2D eigenvalue weighted by atomic mass is 32.2. The van der Waals surface area contributed by atoms with Gasteiger partial charge < -0.3 is 4.90 Å². The van der Waals surface area contributed by atoms with Crippen molar-refractivity contribution in [1.82, 2.24) is 14.3 Å². The van der Waals surface area contributed by atoms with Gasteiger partial charge >= 0.3 is 0 Å². The second-order valence-electron chi connectivity index (χ2n) is 8.66. The minimum Gasteiger partial charge on any atom is -0.356 e. The van der Waals surface area contributed by atoms with Crippen molar-refractivity contribution in [3.63, 3.8) is 0 Å². The molecule has 0 bridgehead atoms. The van der Waals surface area contributed by atoms with Gasteiger partial charge in [0.05, 0.1) is 10.5 Å². The number of hydrogen-bond acceptors (Lipinski definition) is 6. The van der Waals surface area contributed by atoms with Crippen LogP contribution in [0.3, 0.4) is 0 Å². The molecule has 1 aromatic carbocycles. The Hall–Kier alpha value is -2.97. The standard InChI is InChI=1S/C26H26N4O2S2/c1-18-9-8-15-29-22(18)27-23(28-13-6-3-7-14-28)20(24(29)31)17-21-25(32)30(26(33)34-21)16-12-19-10-4-2-5-11-19/h2,4-5,8-11,15,17H,3,6-7,12-14,16H2,1H3/b21-17-. The summed E-state index contributed by atoms with van der Waals surface area (Å²) in [5.74, 6) is 0.512. The second kappa shape index (κ2) is 9.72. The maximum atomic E-state index is 13.6. The van der Waals surface area contributed by atoms with E-state index in [0.717, 1.165) is 43.5 Å². The third kappa shape index (κ3) is 4.40. The number of aryl methyl sites for hydroxylation is 1. The average molecular weight is 491 g/mol. The number of aromatic nitrogens is 2. The Bertz CT molecular complexity index is 1340. The molecule has 174 valence electrons. The number of thiocarbonyl (C=S) groups is 1. The molecule has 2 fully saturated rings. The SMILES string of the molecule is Cc1cccn2c(=O)c(/C=C3\SC(=S)N(CCc4ccccc4)C3=O)c(N3CCCCC3)nc12. The maximum Gasteiger partial charge on any atom is 0.267 e. The predicted octanol–water partition coefficient (Wildman–Crippen LogP) is 4.44. The highest BCUT2D eigenvalue weighted by Crippen LogP contribution is 2.34. The van der Waals surface area contributed by atoms with Crippen LogP contribution < -0.4 is 10.5 Å². The molecule has 2 aromatic heterocycles. The molecule has 6 nitrogen and oxygen atoms in total. The summed E-state index contributed by atoms with van der Waals surface area (Å²) in [6.45, 7) is 4.18. The van der Waals surface area contributed by atoms with Gasteiger partial charge in [-0.3, -0.25) is 18.9 Å². The van der Waals surface area contributed by atoms with E-state index in [1.54, 1.807) is 21.6 Å². The molecule has 2 saturated heterocycles. The van der Waals surface area contributed by atoms with E-state index >= 15 is 0 Å². The van der Waals surface area contributed by atoms with Crippen molar-refractivity contribution >= 4 is 51.7 Å². The number of fused-ring (bicyclic) bond motifs is 1. The van der Waals surface area contributed by atoms with E-state index in [2.05, 4.69) is 4.90 Å². The summed E-state index contributed by atoms with van der Waals surface area (Å²) in [4.78, 5) is 36.1. The van der Waals surface area contributed by atoms with Gasteiger partial charge in [-0.2, -0.15) is 0 Å². The van der Waals surface area contributed by atoms with Gasteiger partial charge in [0.25, 0.3) is 11.5 Å². The topological polar surface area (TPSA) is 57.9 Å². The first kappa shape index (κ1) is 22.8. The normalized spacial score (nSPS) is 17.9. The van der Waals surface area contributed by atoms with Gasteiger partial charge in [-0.05, 0) is 55.9 Å². The molecule has 0 N–H and O–H groups in total. The molecule has 3 aromatic rings. The first-order valence-corrected chi connectivity index (χ1v) is 12.8. The van der Waals surface area contributed by atoms with Crippen LogP contribution in [0, 0.1) is 6.92 Å². The van der Waals surface area contributed by atoms with Gasteiger partial charge in [-0.1, -0.05) is 60.4 Å². The Labute approximate surface area is 208 Å². The van der Waals surface area contributed by atoms with Crippen molar-refractivity contribution < 1.29 is 4.79 Å². The fraction of sp³-hybridized carbons (Fsp3) is 0.308. The van der Waals surface area contributed by atoms with Gasteiger partial charge in [0.2, 0.25) is 0 Å². The van der Waals surface area contributed by atoms with Gasteiger partial charge in [-0.25, -0.2) is 4.98 Å². The summed E-state index contributed by atoms with van der Waals surface area (Å²) >= 11 is 6.79. The number of carbonyl (C=O) groups is 1. The van der Waals surface area contributed by atoms with Crippen LogP contribution in [0.15, 0.2) is 58.4 Å². The van der Waals surface area contributed by atoms with Crippen molar-refractivity contribution in [2.75, 3.05) is 24.5 Å². The maximum absolute atomic E-state index is 13.6. The Morgan fingerprint density at radius 1 is 1.06 bits per heavy atom. The van der Waals surface area contributed by atoms with Gasteiger partial charge in [0, 0.05) is 25.8 Å². The zero-order chi connectivity index (χ0) is 23.7. The zero-order valence-electron chi connectivity index (χ0n) is 19.1. The Morgan fingerprint density at radius 2 is 1.82 bits per heavy atom. The summed E-state index contributed by atoms with van der Waals surface area (Å²) in [5.41, 5.74) is 3.04. The highest BCUT2D eigenvalue weighted by Gasteiger charge is 2.32. The van der Waals surface area contributed by atoms with Crippen LogP contribution in [0.5, 0.6) is 0 Å². The summed E-state index contributed by atoms with van der Waals surface area (Å²) in [6.07, 6.45) is 7.47. The molecule has 0 atom stereocenters. The van der Waals surface area contributed by atoms with Crippen molar-refractivity contribution in [1.29, 1.82) is 0 Å². The predicted molar refractivity (Wildman–Crippen MR) is 142 cm³/mol. The molecule has 0 spiro atoms. The van der Waals surface area contributed by atoms with Gasteiger partial charge in [0.1, 0.15) is 15.8 Å². The molecule has 2 aliphatic rings. The lowest BCUT2D eigenvalue weighted by atomic mass is 10.1. The Morgan fingerprint density at radius 3 is 2.59 bits per heavy atom. The minimum absolute atomic E-state index is 0.149. The molecule has 0 unspecified atom stereocenters. The smallest absolute Gasteiger partial charge is 0.267 e. The summed E-state index contributed by atoms with van der Waals surface area (Å²) in [7, 11) is 0. The molecule has 4 heterocycles. The third-order valence-electron chi connectivity index (χ3n) is 6.34. The van der Waals surface area contributed by atoms with E-state index in [9.17, 15) is 9.59 Å². The fourth-order valence-electron chi connectivity index (χ4n) is 4.48. The van der Waals surface area contributed by atoms with Crippen molar-refractivity contribution in [2.45, 2.75) is 32.6 Å². The van der Waals surface area contributed by atoms with Gasteiger partial charge in [-0.15, -0.1) is 0 Å². The minimum atomic E-state index is -0.163. The second-order valence-corrected chi connectivity index (χ2v) is 10.3. The molecule has 1 amide bonds. The van der Waals surface area contributed by atoms with Gasteiger partial charge in [0.15, 0.2) is 0 Å². The molecule has 5 rings (SSSR count). The number of benzene rings is 1. The first-order valence-electron chi connectivity index (χ1n) is 11.6. The number of pyridine rings is 1. The highest BCUT2D eigenvalue weighted by molar-refractivity contribution is 8.26. The molecular weight excluding hydrogens is 464 g/mol. The lowest BCUT2D eigenvalue weighted by Gasteiger charge is -2.29. The van der Waals surface area contributed by atoms with Crippen LogP contribution in [-0.2, 0) is 11.2 Å². The zero-order valence-corrected chi connectivity index (χ0v) is 20.7. The van der Waals surface area contributed by atoms with Crippen LogP contribution in [0.4, 0.5) is 5.82 Å². The quantitative estimate of drug-likeness (QED) is 0.389. The molecule has 8 heteroatoms. The van der Waals surface area contributed by atoms with Crippen molar-refractivity contribution in [3.8, 4) is 0 Å². The summed E-state index contributed by atoms with van der Waals surface area (Å²) in [6, 6.07) is 13.8. The fourth-order valence-corrected chi connectivity index (χ4v) is 5.77. The Balaban J connectivity index is 1.52. The van der Waals surface area contributed by atoms with E-state index in [4.69, 9.17) is 17.2 Å². The number of hydrogen-bond donors (Lipinski definition) is 0. The molecule has 0 saturated carbocycles. The van der Waals surface area contributed by atoms with Crippen LogP contribution in [0.2, 0.25) is 0 Å². The first-order chi connectivity index (χ1) is 16.5. The molecular formula is C26H26N4O2S2. The Kier molecular flexibility index (Phi) is 6.52. The van der Waals surface area contributed by atoms with Crippen LogP contribution in [0.25, 0.3) is 11.7 Å². The summed E-state index contributed by atoms with van der Waals surface area (Å²) < 4.78 is 2.10. The third-order valence-corrected chi connectivity index (χ3v) is 7.71. The van der Waals surface area contributed by atoms with E-state index in [1.165, 1.54) is 18.2 Å². The largest absolute Gasteiger partial charge is 0.356 e. The van der Waals surface area contributed by atoms with Crippen molar-refractivity contribution in [3.05, 3.63) is 80.6 Å².